The summed E-state index contributed by atoms with van der Waals surface area (Å²) in [5, 5.41) is 8.53. The van der Waals surface area contributed by atoms with E-state index in [0.29, 0.717) is 36.2 Å². The summed E-state index contributed by atoms with van der Waals surface area (Å²) in [6, 6.07) is 13.3. The molecule has 2 aromatic carbocycles. The summed E-state index contributed by atoms with van der Waals surface area (Å²) in [6.45, 7) is 2.25. The lowest BCUT2D eigenvalue weighted by Gasteiger charge is -2.26. The number of hydrogen-bond donors (Lipinski definition) is 0. The zero-order valence-corrected chi connectivity index (χ0v) is 18.8. The number of halogens is 2. The maximum atomic E-state index is 14.1. The molecule has 7 heteroatoms. The molecule has 0 radical (unpaired) electrons. The predicted octanol–water partition coefficient (Wildman–Crippen LogP) is 6.40. The minimum absolute atomic E-state index is 0.208. The Bertz CT molecular complexity index is 1180. The van der Waals surface area contributed by atoms with E-state index in [0.717, 1.165) is 44.7 Å². The number of fused-ring (bicyclic) bond motifs is 1. The minimum atomic E-state index is -0.208. The van der Waals surface area contributed by atoms with Crippen LogP contribution in [-0.2, 0) is 6.54 Å². The van der Waals surface area contributed by atoms with E-state index in [1.807, 2.05) is 30.3 Å². The molecule has 1 aliphatic carbocycles. The lowest BCUT2D eigenvalue weighted by atomic mass is 10.1. The van der Waals surface area contributed by atoms with Crippen molar-refractivity contribution < 1.29 is 8.81 Å². The number of para-hydroxylation sites is 1. The molecular weight excluding hydrogens is 465 g/mol. The number of benzene rings is 2. The second-order valence-corrected chi connectivity index (χ2v) is 9.03. The number of nitrogens with zero attached hydrogens (tertiary/aromatic N) is 3. The number of anilines is 1. The first kappa shape index (κ1) is 19.6. The predicted molar refractivity (Wildman–Crippen MR) is 123 cm³/mol. The molecule has 30 heavy (non-hydrogen) atoms. The van der Waals surface area contributed by atoms with Crippen LogP contribution in [0.1, 0.15) is 53.7 Å². The van der Waals surface area contributed by atoms with Crippen molar-refractivity contribution in [2.24, 2.45) is 0 Å². The molecular formula is C23H19BrFN3OS. The van der Waals surface area contributed by atoms with E-state index in [9.17, 15) is 4.39 Å². The molecule has 4 nitrogen and oxygen atoms in total. The van der Waals surface area contributed by atoms with Crippen LogP contribution in [0.3, 0.4) is 0 Å². The van der Waals surface area contributed by atoms with Gasteiger partial charge < -0.3 is 9.32 Å². The van der Waals surface area contributed by atoms with Crippen LogP contribution in [0.4, 0.5) is 10.1 Å². The van der Waals surface area contributed by atoms with Gasteiger partial charge in [-0.2, -0.15) is 0 Å². The molecule has 0 saturated heterocycles. The first-order chi connectivity index (χ1) is 14.5. The lowest BCUT2D eigenvalue weighted by molar-refractivity contribution is 0.484. The Morgan fingerprint density at radius 3 is 2.77 bits per heavy atom. The molecule has 1 aliphatic heterocycles. The monoisotopic (exact) mass is 483 g/mol. The van der Waals surface area contributed by atoms with Crippen molar-refractivity contribution in [2.75, 3.05) is 4.90 Å². The Labute approximate surface area is 187 Å². The van der Waals surface area contributed by atoms with E-state index >= 15 is 0 Å². The van der Waals surface area contributed by atoms with Crippen molar-refractivity contribution in [3.8, 4) is 0 Å². The number of hydrogen-bond acceptors (Lipinski definition) is 4. The summed E-state index contributed by atoms with van der Waals surface area (Å²) in [6.07, 6.45) is 2.68. The number of aromatic nitrogens is 2. The van der Waals surface area contributed by atoms with E-state index < -0.39 is 0 Å². The molecule has 0 bridgehead atoms. The molecule has 2 heterocycles. The number of thiocarbonyl (C=S) groups is 1. The van der Waals surface area contributed by atoms with E-state index in [2.05, 4.69) is 31.0 Å². The Kier molecular flexibility index (Phi) is 5.03. The largest absolute Gasteiger partial charge is 0.421 e. The van der Waals surface area contributed by atoms with Crippen molar-refractivity contribution >= 4 is 48.9 Å². The molecule has 0 N–H and O–H groups in total. The van der Waals surface area contributed by atoms with Crippen LogP contribution in [0.2, 0.25) is 0 Å². The molecule has 1 saturated carbocycles. The average molecular weight is 484 g/mol. The zero-order valence-electron chi connectivity index (χ0n) is 16.4. The SMILES string of the molecule is Cc1ccc(CN2C(=S)CC(c3nnc(C4CC4)o3)=C(Br)c3ccccc32)cc1F. The Morgan fingerprint density at radius 1 is 1.20 bits per heavy atom. The van der Waals surface area contributed by atoms with Gasteiger partial charge in [-0.3, -0.25) is 0 Å². The molecule has 0 spiro atoms. The third-order valence-electron chi connectivity index (χ3n) is 5.53. The molecule has 1 fully saturated rings. The minimum Gasteiger partial charge on any atom is -0.421 e. The van der Waals surface area contributed by atoms with Crippen LogP contribution in [0, 0.1) is 12.7 Å². The maximum absolute atomic E-state index is 14.1. The molecule has 152 valence electrons. The Balaban J connectivity index is 1.54. The van der Waals surface area contributed by atoms with Gasteiger partial charge in [0.2, 0.25) is 11.8 Å². The Morgan fingerprint density at radius 2 is 2.00 bits per heavy atom. The fraction of sp³-hybridized carbons (Fsp3) is 0.261. The van der Waals surface area contributed by atoms with Gasteiger partial charge >= 0.3 is 0 Å². The summed E-state index contributed by atoms with van der Waals surface area (Å²) >= 11 is 9.61. The quantitative estimate of drug-likeness (QED) is 0.401. The van der Waals surface area contributed by atoms with Crippen LogP contribution in [0.5, 0.6) is 0 Å². The van der Waals surface area contributed by atoms with Gasteiger partial charge in [-0.15, -0.1) is 10.2 Å². The Hall–Kier alpha value is -2.38. The fourth-order valence-electron chi connectivity index (χ4n) is 3.63. The van der Waals surface area contributed by atoms with Gasteiger partial charge in [0.1, 0.15) is 5.82 Å². The molecule has 3 aromatic rings. The van der Waals surface area contributed by atoms with Gasteiger partial charge in [0.15, 0.2) is 0 Å². The van der Waals surface area contributed by atoms with E-state index in [1.54, 1.807) is 19.1 Å². The summed E-state index contributed by atoms with van der Waals surface area (Å²) in [5.74, 6) is 1.39. The normalized spacial score (nSPS) is 16.6. The van der Waals surface area contributed by atoms with Crippen molar-refractivity contribution in [3.05, 3.63) is 76.8 Å². The smallest absolute Gasteiger partial charge is 0.245 e. The first-order valence-electron chi connectivity index (χ1n) is 9.88. The topological polar surface area (TPSA) is 42.2 Å². The van der Waals surface area contributed by atoms with Gasteiger partial charge in [-0.05, 0) is 59.0 Å². The van der Waals surface area contributed by atoms with Gasteiger partial charge in [0.05, 0.1) is 10.7 Å². The average Bonchev–Trinajstić information content (AvgIpc) is 3.50. The third-order valence-corrected chi connectivity index (χ3v) is 6.80. The van der Waals surface area contributed by atoms with Crippen molar-refractivity contribution in [1.82, 2.24) is 10.2 Å². The maximum Gasteiger partial charge on any atom is 0.245 e. The molecule has 0 atom stereocenters. The highest BCUT2D eigenvalue weighted by Gasteiger charge is 2.32. The molecule has 2 aliphatic rings. The van der Waals surface area contributed by atoms with Gasteiger partial charge in [-0.1, -0.05) is 42.5 Å². The lowest BCUT2D eigenvalue weighted by Crippen LogP contribution is -2.28. The third kappa shape index (κ3) is 3.61. The van der Waals surface area contributed by atoms with Crippen LogP contribution >= 0.6 is 28.1 Å². The van der Waals surface area contributed by atoms with Crippen LogP contribution < -0.4 is 4.90 Å². The van der Waals surface area contributed by atoms with Crippen LogP contribution in [-0.4, -0.2) is 15.2 Å². The van der Waals surface area contributed by atoms with Crippen molar-refractivity contribution in [3.63, 3.8) is 0 Å². The first-order valence-corrected chi connectivity index (χ1v) is 11.1. The van der Waals surface area contributed by atoms with E-state index in [4.69, 9.17) is 16.6 Å². The fourth-order valence-corrected chi connectivity index (χ4v) is 4.58. The number of rotatable bonds is 4. The van der Waals surface area contributed by atoms with E-state index in [1.165, 1.54) is 0 Å². The summed E-state index contributed by atoms with van der Waals surface area (Å²) in [4.78, 5) is 2.78. The molecule has 5 rings (SSSR count). The second-order valence-electron chi connectivity index (χ2n) is 7.77. The summed E-state index contributed by atoms with van der Waals surface area (Å²) in [7, 11) is 0. The van der Waals surface area contributed by atoms with Gasteiger partial charge in [0.25, 0.3) is 0 Å². The highest BCUT2D eigenvalue weighted by Crippen LogP contribution is 2.44. The van der Waals surface area contributed by atoms with Crippen molar-refractivity contribution in [2.45, 2.75) is 38.6 Å². The standard InChI is InChI=1S/C23H19BrFN3OS/c1-13-6-7-14(10-18(13)25)12-28-19-5-3-2-4-16(19)21(24)17(11-20(28)30)23-27-26-22(29-23)15-8-9-15/h2-7,10,15H,8-9,11-12H2,1H3. The highest BCUT2D eigenvalue weighted by atomic mass is 79.9. The van der Waals surface area contributed by atoms with E-state index in [-0.39, 0.29) is 5.82 Å². The van der Waals surface area contributed by atoms with Crippen LogP contribution in [0.15, 0.2) is 46.9 Å². The number of aryl methyl sites for hydroxylation is 1. The van der Waals surface area contributed by atoms with Gasteiger partial charge in [0, 0.05) is 34.5 Å². The van der Waals surface area contributed by atoms with Crippen molar-refractivity contribution in [1.29, 1.82) is 0 Å². The van der Waals surface area contributed by atoms with Crippen LogP contribution in [0.25, 0.3) is 10.1 Å². The second kappa shape index (κ2) is 7.71. The summed E-state index contributed by atoms with van der Waals surface area (Å²) < 4.78 is 21.0. The molecule has 0 amide bonds. The molecule has 1 aromatic heterocycles. The zero-order chi connectivity index (χ0) is 20.8. The van der Waals surface area contributed by atoms with Gasteiger partial charge in [-0.25, -0.2) is 4.39 Å². The molecule has 0 unspecified atom stereocenters. The summed E-state index contributed by atoms with van der Waals surface area (Å²) in [5.41, 5.74) is 4.33. The highest BCUT2D eigenvalue weighted by molar-refractivity contribution is 9.15.